The van der Waals surface area contributed by atoms with Gasteiger partial charge in [-0.3, -0.25) is 4.79 Å². The van der Waals surface area contributed by atoms with Crippen LogP contribution < -0.4 is 11.1 Å². The fraction of sp³-hybridized carbons (Fsp3) is 0.500. The van der Waals surface area contributed by atoms with Gasteiger partial charge in [-0.15, -0.1) is 0 Å². The van der Waals surface area contributed by atoms with Gasteiger partial charge in [0.2, 0.25) is 5.91 Å². The topological polar surface area (TPSA) is 109 Å². The van der Waals surface area contributed by atoms with Gasteiger partial charge in [-0.05, 0) is 37.0 Å². The van der Waals surface area contributed by atoms with Crippen LogP contribution in [-0.4, -0.2) is 43.0 Å². The van der Waals surface area contributed by atoms with Crippen LogP contribution in [0, 0.1) is 0 Å². The van der Waals surface area contributed by atoms with Gasteiger partial charge >= 0.3 is 0 Å². The third-order valence-electron chi connectivity index (χ3n) is 3.54. The molecule has 0 aliphatic carbocycles. The number of nitrogens with two attached hydrogens (primary N) is 1. The Kier molecular flexibility index (Phi) is 4.84. The highest BCUT2D eigenvalue weighted by Gasteiger charge is 2.27. The molecule has 4 N–H and O–H groups in total. The van der Waals surface area contributed by atoms with Crippen LogP contribution >= 0.6 is 0 Å². The molecule has 6 nitrogen and oxygen atoms in total. The number of carbonyl (C=O) groups excluding carboxylic acids is 1. The Labute approximate surface area is 124 Å². The Bertz CT molecular complexity index is 598. The molecule has 1 aliphatic heterocycles. The quantitative estimate of drug-likeness (QED) is 0.722. The molecule has 1 aromatic rings. The summed E-state index contributed by atoms with van der Waals surface area (Å²) < 4.78 is 23.1. The molecule has 0 bridgehead atoms. The molecule has 1 heterocycles. The number of benzene rings is 1. The van der Waals surface area contributed by atoms with Crippen LogP contribution in [0.3, 0.4) is 0 Å². The first-order valence-electron chi connectivity index (χ1n) is 6.90. The minimum Gasteiger partial charge on any atom is -0.508 e. The van der Waals surface area contributed by atoms with Crippen LogP contribution in [0.1, 0.15) is 18.4 Å². The van der Waals surface area contributed by atoms with Gasteiger partial charge in [0, 0.05) is 6.04 Å². The van der Waals surface area contributed by atoms with Crippen molar-refractivity contribution in [2.75, 3.05) is 11.5 Å². The molecule has 1 amide bonds. The molecule has 1 unspecified atom stereocenters. The van der Waals surface area contributed by atoms with E-state index in [9.17, 15) is 18.3 Å². The van der Waals surface area contributed by atoms with Crippen LogP contribution in [0.25, 0.3) is 0 Å². The van der Waals surface area contributed by atoms with Crippen molar-refractivity contribution in [2.45, 2.75) is 31.3 Å². The van der Waals surface area contributed by atoms with Crippen molar-refractivity contribution < 1.29 is 18.3 Å². The fourth-order valence-corrected chi connectivity index (χ4v) is 4.06. The van der Waals surface area contributed by atoms with Gasteiger partial charge in [-0.25, -0.2) is 8.42 Å². The zero-order valence-corrected chi connectivity index (χ0v) is 12.5. The van der Waals surface area contributed by atoms with Gasteiger partial charge in [-0.2, -0.15) is 0 Å². The molecule has 1 aromatic carbocycles. The predicted octanol–water partition coefficient (Wildman–Crippen LogP) is -0.0446. The van der Waals surface area contributed by atoms with Crippen molar-refractivity contribution in [3.63, 3.8) is 0 Å². The lowest BCUT2D eigenvalue weighted by atomic mass is 10.1. The molecule has 21 heavy (non-hydrogen) atoms. The molecular formula is C14H20N2O4S. The van der Waals surface area contributed by atoms with Crippen LogP contribution in [0.4, 0.5) is 0 Å². The van der Waals surface area contributed by atoms with Gasteiger partial charge in [0.15, 0.2) is 9.84 Å². The SMILES string of the molecule is N[C@H](Cc1ccc(O)cc1)C(=O)NC1CCCS(=O)(=O)C1. The van der Waals surface area contributed by atoms with Crippen molar-refractivity contribution in [1.29, 1.82) is 0 Å². The summed E-state index contributed by atoms with van der Waals surface area (Å²) in [4.78, 5) is 12.0. The number of phenolic OH excluding ortho intramolecular Hbond substituents is 1. The third kappa shape index (κ3) is 4.71. The smallest absolute Gasteiger partial charge is 0.237 e. The molecule has 116 valence electrons. The van der Waals surface area contributed by atoms with Crippen LogP contribution in [-0.2, 0) is 21.1 Å². The van der Waals surface area contributed by atoms with Gasteiger partial charge in [0.05, 0.1) is 17.5 Å². The van der Waals surface area contributed by atoms with E-state index >= 15 is 0 Å². The maximum atomic E-state index is 12.0. The maximum Gasteiger partial charge on any atom is 0.237 e. The Balaban J connectivity index is 1.89. The molecule has 1 fully saturated rings. The Hall–Kier alpha value is -1.60. The van der Waals surface area contributed by atoms with Gasteiger partial charge in [0.1, 0.15) is 5.75 Å². The average Bonchev–Trinajstić information content (AvgIpc) is 2.40. The van der Waals surface area contributed by atoms with E-state index in [1.807, 2.05) is 0 Å². The van der Waals surface area contributed by atoms with Crippen LogP contribution in [0.15, 0.2) is 24.3 Å². The Morgan fingerprint density at radius 1 is 1.38 bits per heavy atom. The van der Waals surface area contributed by atoms with Crippen molar-refractivity contribution in [3.05, 3.63) is 29.8 Å². The molecule has 0 spiro atoms. The predicted molar refractivity (Wildman–Crippen MR) is 79.6 cm³/mol. The number of aromatic hydroxyl groups is 1. The summed E-state index contributed by atoms with van der Waals surface area (Å²) in [5.74, 6) is -0.00165. The molecule has 1 saturated heterocycles. The highest BCUT2D eigenvalue weighted by molar-refractivity contribution is 7.91. The first kappa shape index (κ1) is 15.8. The number of carbonyl (C=O) groups is 1. The molecule has 0 aromatic heterocycles. The minimum absolute atomic E-state index is 0.00926. The van der Waals surface area contributed by atoms with E-state index in [2.05, 4.69) is 5.32 Å². The van der Waals surface area contributed by atoms with Gasteiger partial charge < -0.3 is 16.2 Å². The standard InChI is InChI=1S/C14H20N2O4S/c15-13(8-10-3-5-12(17)6-4-10)14(18)16-11-2-1-7-21(19,20)9-11/h3-6,11,13,17H,1-2,7-9,15H2,(H,16,18)/t11?,13-/m1/s1. The second-order valence-corrected chi connectivity index (χ2v) is 7.67. The lowest BCUT2D eigenvalue weighted by Gasteiger charge is -2.24. The zero-order chi connectivity index (χ0) is 15.5. The summed E-state index contributed by atoms with van der Waals surface area (Å²) in [7, 11) is -3.05. The minimum atomic E-state index is -3.05. The highest BCUT2D eigenvalue weighted by atomic mass is 32.2. The number of nitrogens with one attached hydrogen (secondary N) is 1. The second-order valence-electron chi connectivity index (χ2n) is 5.44. The Morgan fingerprint density at radius 3 is 2.67 bits per heavy atom. The highest BCUT2D eigenvalue weighted by Crippen LogP contribution is 2.13. The van der Waals surface area contributed by atoms with Crippen LogP contribution in [0.2, 0.25) is 0 Å². The molecule has 1 aliphatic rings. The van der Waals surface area contributed by atoms with Gasteiger partial charge in [-0.1, -0.05) is 12.1 Å². The maximum absolute atomic E-state index is 12.0. The van der Waals surface area contributed by atoms with Crippen LogP contribution in [0.5, 0.6) is 5.75 Å². The van der Waals surface area contributed by atoms with Gasteiger partial charge in [0.25, 0.3) is 0 Å². The number of rotatable bonds is 4. The third-order valence-corrected chi connectivity index (χ3v) is 5.36. The molecule has 2 atom stereocenters. The van der Waals surface area contributed by atoms with Crippen molar-refractivity contribution in [1.82, 2.24) is 5.32 Å². The van der Waals surface area contributed by atoms with E-state index in [1.165, 1.54) is 12.1 Å². The van der Waals surface area contributed by atoms with Crippen molar-refractivity contribution >= 4 is 15.7 Å². The number of hydrogen-bond donors (Lipinski definition) is 3. The lowest BCUT2D eigenvalue weighted by molar-refractivity contribution is -0.122. The molecule has 0 saturated carbocycles. The first-order valence-corrected chi connectivity index (χ1v) is 8.72. The molecular weight excluding hydrogens is 292 g/mol. The largest absolute Gasteiger partial charge is 0.508 e. The summed E-state index contributed by atoms with van der Waals surface area (Å²) in [5, 5.41) is 11.9. The lowest BCUT2D eigenvalue weighted by Crippen LogP contribution is -2.50. The van der Waals surface area contributed by atoms with E-state index in [0.29, 0.717) is 19.3 Å². The monoisotopic (exact) mass is 312 g/mol. The molecule has 0 radical (unpaired) electrons. The van der Waals surface area contributed by atoms with E-state index in [4.69, 9.17) is 5.73 Å². The number of sulfone groups is 1. The fourth-order valence-electron chi connectivity index (χ4n) is 2.42. The summed E-state index contributed by atoms with van der Waals surface area (Å²) in [5.41, 5.74) is 6.69. The first-order chi connectivity index (χ1) is 9.85. The molecule has 7 heteroatoms. The zero-order valence-electron chi connectivity index (χ0n) is 11.7. The summed E-state index contributed by atoms with van der Waals surface area (Å²) in [6, 6.07) is 5.39. The number of amides is 1. The Morgan fingerprint density at radius 2 is 2.05 bits per heavy atom. The average molecular weight is 312 g/mol. The normalized spacial score (nSPS) is 22.4. The molecule has 2 rings (SSSR count). The summed E-state index contributed by atoms with van der Waals surface area (Å²) >= 11 is 0. The summed E-state index contributed by atoms with van der Waals surface area (Å²) in [6.07, 6.45) is 1.57. The summed E-state index contributed by atoms with van der Waals surface area (Å²) in [6.45, 7) is 0. The van der Waals surface area contributed by atoms with Crippen molar-refractivity contribution in [3.8, 4) is 5.75 Å². The number of hydrogen-bond acceptors (Lipinski definition) is 5. The number of phenols is 1. The van der Waals surface area contributed by atoms with Crippen molar-refractivity contribution in [2.24, 2.45) is 5.73 Å². The van der Waals surface area contributed by atoms with E-state index in [1.54, 1.807) is 12.1 Å². The van der Waals surface area contributed by atoms with E-state index in [0.717, 1.165) is 5.56 Å². The second kappa shape index (κ2) is 6.44. The van der Waals surface area contributed by atoms with E-state index in [-0.39, 0.29) is 29.2 Å². The van der Waals surface area contributed by atoms with E-state index < -0.39 is 15.9 Å².